The maximum Gasteiger partial charge on any atom is 0.251 e. The molecule has 1 N–H and O–H groups in total. The van der Waals surface area contributed by atoms with Crippen molar-refractivity contribution in [2.45, 2.75) is 6.92 Å². The van der Waals surface area contributed by atoms with Crippen LogP contribution in [0.15, 0.2) is 36.4 Å². The van der Waals surface area contributed by atoms with Gasteiger partial charge in [-0.15, -0.1) is 0 Å². The molecule has 0 aromatic heterocycles. The average molecular weight is 217 g/mol. The van der Waals surface area contributed by atoms with Crippen molar-refractivity contribution in [2.75, 3.05) is 6.54 Å². The van der Waals surface area contributed by atoms with Gasteiger partial charge in [-0.2, -0.15) is 0 Å². The van der Waals surface area contributed by atoms with Crippen LogP contribution in [0.4, 0.5) is 4.39 Å². The third-order valence-corrected chi connectivity index (χ3v) is 2.45. The number of fused-ring (bicyclic) bond motifs is 1. The second-order valence-corrected chi connectivity index (χ2v) is 3.50. The molecule has 0 fully saturated rings. The molecular weight excluding hydrogens is 205 g/mol. The van der Waals surface area contributed by atoms with Crippen LogP contribution in [-0.4, -0.2) is 12.5 Å². The molecule has 0 bridgehead atoms. The van der Waals surface area contributed by atoms with E-state index < -0.39 is 0 Å². The molecule has 0 atom stereocenters. The molecule has 3 heteroatoms. The molecule has 0 aliphatic heterocycles. The number of benzene rings is 2. The number of rotatable bonds is 2. The van der Waals surface area contributed by atoms with Crippen LogP contribution in [0.3, 0.4) is 0 Å². The van der Waals surface area contributed by atoms with Gasteiger partial charge in [0.1, 0.15) is 5.82 Å². The number of halogens is 1. The summed E-state index contributed by atoms with van der Waals surface area (Å²) in [5, 5.41) is 3.84. The van der Waals surface area contributed by atoms with Crippen LogP contribution in [0.2, 0.25) is 0 Å². The number of carbonyl (C=O) groups is 1. The van der Waals surface area contributed by atoms with Crippen molar-refractivity contribution >= 4 is 16.7 Å². The highest BCUT2D eigenvalue weighted by Crippen LogP contribution is 2.21. The van der Waals surface area contributed by atoms with E-state index in [0.29, 0.717) is 22.9 Å². The summed E-state index contributed by atoms with van der Waals surface area (Å²) in [5.74, 6) is -0.470. The van der Waals surface area contributed by atoms with Crippen LogP contribution < -0.4 is 5.32 Å². The van der Waals surface area contributed by atoms with Crippen molar-refractivity contribution in [3.63, 3.8) is 0 Å². The van der Waals surface area contributed by atoms with Crippen molar-refractivity contribution in [1.82, 2.24) is 5.32 Å². The Morgan fingerprint density at radius 2 is 1.88 bits per heavy atom. The second kappa shape index (κ2) is 4.31. The van der Waals surface area contributed by atoms with Gasteiger partial charge in [-0.25, -0.2) is 4.39 Å². The van der Waals surface area contributed by atoms with E-state index in [0.717, 1.165) is 0 Å². The maximum atomic E-state index is 13.5. The summed E-state index contributed by atoms with van der Waals surface area (Å²) < 4.78 is 13.5. The zero-order valence-electron chi connectivity index (χ0n) is 8.96. The van der Waals surface area contributed by atoms with Gasteiger partial charge in [0.15, 0.2) is 0 Å². The number of hydrogen-bond acceptors (Lipinski definition) is 1. The van der Waals surface area contributed by atoms with Crippen molar-refractivity contribution < 1.29 is 9.18 Å². The van der Waals surface area contributed by atoms with Gasteiger partial charge in [0.05, 0.1) is 0 Å². The van der Waals surface area contributed by atoms with Gasteiger partial charge in [0.25, 0.3) is 5.91 Å². The first-order chi connectivity index (χ1) is 7.74. The first-order valence-corrected chi connectivity index (χ1v) is 5.19. The standard InChI is InChI=1S/C13H12FNO/c1-2-15-13(16)11-7-8-12(14)10-6-4-3-5-9(10)11/h3-8H,2H2,1H3,(H,15,16). The van der Waals surface area contributed by atoms with E-state index in [9.17, 15) is 9.18 Å². The molecule has 2 aromatic rings. The first kappa shape index (κ1) is 10.6. The van der Waals surface area contributed by atoms with Crippen LogP contribution >= 0.6 is 0 Å². The summed E-state index contributed by atoms with van der Waals surface area (Å²) in [5.41, 5.74) is 0.513. The van der Waals surface area contributed by atoms with E-state index in [4.69, 9.17) is 0 Å². The van der Waals surface area contributed by atoms with E-state index in [1.807, 2.05) is 6.92 Å². The Morgan fingerprint density at radius 1 is 1.19 bits per heavy atom. The summed E-state index contributed by atoms with van der Waals surface area (Å²) in [6, 6.07) is 9.82. The average Bonchev–Trinajstić information content (AvgIpc) is 2.30. The molecule has 0 aliphatic carbocycles. The van der Waals surface area contributed by atoms with Crippen molar-refractivity contribution in [3.8, 4) is 0 Å². The van der Waals surface area contributed by atoms with Crippen LogP contribution in [0.5, 0.6) is 0 Å². The highest BCUT2D eigenvalue weighted by molar-refractivity contribution is 6.07. The van der Waals surface area contributed by atoms with Crippen molar-refractivity contribution in [1.29, 1.82) is 0 Å². The fourth-order valence-electron chi connectivity index (χ4n) is 1.72. The van der Waals surface area contributed by atoms with E-state index in [2.05, 4.69) is 5.32 Å². The lowest BCUT2D eigenvalue weighted by molar-refractivity contribution is 0.0957. The van der Waals surface area contributed by atoms with Gasteiger partial charge in [0, 0.05) is 17.5 Å². The predicted molar refractivity (Wildman–Crippen MR) is 61.9 cm³/mol. The molecule has 0 spiro atoms. The molecular formula is C13H12FNO. The SMILES string of the molecule is CCNC(=O)c1ccc(F)c2ccccc12. The normalized spacial score (nSPS) is 10.4. The molecule has 2 nitrogen and oxygen atoms in total. The molecule has 82 valence electrons. The molecule has 0 radical (unpaired) electrons. The fourth-order valence-corrected chi connectivity index (χ4v) is 1.72. The lowest BCUT2D eigenvalue weighted by atomic mass is 10.0. The molecule has 0 heterocycles. The second-order valence-electron chi connectivity index (χ2n) is 3.50. The van der Waals surface area contributed by atoms with Crippen LogP contribution in [0.25, 0.3) is 10.8 Å². The molecule has 0 saturated carbocycles. The molecule has 0 unspecified atom stereocenters. The van der Waals surface area contributed by atoms with Crippen LogP contribution in [0.1, 0.15) is 17.3 Å². The largest absolute Gasteiger partial charge is 0.352 e. The van der Waals surface area contributed by atoms with E-state index in [1.54, 1.807) is 24.3 Å². The van der Waals surface area contributed by atoms with Gasteiger partial charge in [0.2, 0.25) is 0 Å². The molecule has 2 rings (SSSR count). The monoisotopic (exact) mass is 217 g/mol. The van der Waals surface area contributed by atoms with Gasteiger partial charge >= 0.3 is 0 Å². The highest BCUT2D eigenvalue weighted by atomic mass is 19.1. The molecule has 2 aromatic carbocycles. The minimum atomic E-state index is -0.302. The lowest BCUT2D eigenvalue weighted by Crippen LogP contribution is -2.22. The number of carbonyl (C=O) groups excluding carboxylic acids is 1. The van der Waals surface area contributed by atoms with Crippen molar-refractivity contribution in [2.24, 2.45) is 0 Å². The van der Waals surface area contributed by atoms with Crippen LogP contribution in [0, 0.1) is 5.82 Å². The Kier molecular flexibility index (Phi) is 2.86. The minimum Gasteiger partial charge on any atom is -0.352 e. The van der Waals surface area contributed by atoms with Crippen LogP contribution in [-0.2, 0) is 0 Å². The van der Waals surface area contributed by atoms with Crippen molar-refractivity contribution in [3.05, 3.63) is 47.8 Å². The molecule has 1 amide bonds. The summed E-state index contributed by atoms with van der Waals surface area (Å²) in [6.45, 7) is 2.41. The quantitative estimate of drug-likeness (QED) is 0.823. The third-order valence-electron chi connectivity index (χ3n) is 2.45. The zero-order chi connectivity index (χ0) is 11.5. The third kappa shape index (κ3) is 1.76. The first-order valence-electron chi connectivity index (χ1n) is 5.19. The summed E-state index contributed by atoms with van der Waals surface area (Å²) >= 11 is 0. The van der Waals surface area contributed by atoms with E-state index in [-0.39, 0.29) is 11.7 Å². The topological polar surface area (TPSA) is 29.1 Å². The fraction of sp³-hybridized carbons (Fsp3) is 0.154. The number of amides is 1. The lowest BCUT2D eigenvalue weighted by Gasteiger charge is -2.06. The molecule has 16 heavy (non-hydrogen) atoms. The Hall–Kier alpha value is -1.90. The predicted octanol–water partition coefficient (Wildman–Crippen LogP) is 2.73. The Labute approximate surface area is 93.1 Å². The minimum absolute atomic E-state index is 0.168. The summed E-state index contributed by atoms with van der Waals surface area (Å²) in [4.78, 5) is 11.7. The number of hydrogen-bond donors (Lipinski definition) is 1. The summed E-state index contributed by atoms with van der Waals surface area (Å²) in [6.07, 6.45) is 0. The van der Waals surface area contributed by atoms with Gasteiger partial charge in [-0.05, 0) is 24.4 Å². The van der Waals surface area contributed by atoms with Gasteiger partial charge < -0.3 is 5.32 Å². The summed E-state index contributed by atoms with van der Waals surface area (Å²) in [7, 11) is 0. The molecule has 0 aliphatic rings. The maximum absolute atomic E-state index is 13.5. The Bertz CT molecular complexity index is 536. The smallest absolute Gasteiger partial charge is 0.251 e. The van der Waals surface area contributed by atoms with E-state index in [1.165, 1.54) is 12.1 Å². The van der Waals surface area contributed by atoms with Gasteiger partial charge in [-0.3, -0.25) is 4.79 Å². The van der Waals surface area contributed by atoms with E-state index >= 15 is 0 Å². The zero-order valence-corrected chi connectivity index (χ0v) is 8.96. The Morgan fingerprint density at radius 3 is 2.56 bits per heavy atom. The highest BCUT2D eigenvalue weighted by Gasteiger charge is 2.10. The number of nitrogens with one attached hydrogen (secondary N) is 1. The van der Waals surface area contributed by atoms with Gasteiger partial charge in [-0.1, -0.05) is 24.3 Å². The molecule has 0 saturated heterocycles. The Balaban J connectivity index is 2.63.